The summed E-state index contributed by atoms with van der Waals surface area (Å²) >= 11 is 0. The highest BCUT2D eigenvalue weighted by Gasteiger charge is 2.34. The van der Waals surface area contributed by atoms with Crippen molar-refractivity contribution in [2.75, 3.05) is 13.2 Å². The van der Waals surface area contributed by atoms with Crippen molar-refractivity contribution >= 4 is 5.97 Å². The minimum atomic E-state index is -0.760. The van der Waals surface area contributed by atoms with E-state index in [1.807, 2.05) is 0 Å². The van der Waals surface area contributed by atoms with Gasteiger partial charge in [0.1, 0.15) is 0 Å². The minimum absolute atomic E-state index is 0.0194. The van der Waals surface area contributed by atoms with Gasteiger partial charge in [-0.1, -0.05) is 13.3 Å². The van der Waals surface area contributed by atoms with E-state index in [0.29, 0.717) is 19.3 Å². The van der Waals surface area contributed by atoms with Gasteiger partial charge < -0.3 is 15.2 Å². The number of ether oxygens (including phenoxy) is 1. The number of nitrogens with one attached hydrogen (secondary N) is 1. The van der Waals surface area contributed by atoms with Crippen molar-refractivity contribution in [3.05, 3.63) is 0 Å². The average molecular weight is 201 g/mol. The van der Waals surface area contributed by atoms with Crippen LogP contribution in [0.2, 0.25) is 0 Å². The minimum Gasteiger partial charge on any atom is -0.481 e. The summed E-state index contributed by atoms with van der Waals surface area (Å²) in [6.07, 6.45) is 2.18. The van der Waals surface area contributed by atoms with Gasteiger partial charge in [-0.25, -0.2) is 0 Å². The number of carboxylic acids is 1. The number of rotatable bonds is 5. The van der Waals surface area contributed by atoms with E-state index >= 15 is 0 Å². The molecule has 0 radical (unpaired) electrons. The Morgan fingerprint density at radius 3 is 2.93 bits per heavy atom. The maximum Gasteiger partial charge on any atom is 0.310 e. The molecule has 0 amide bonds. The molecule has 1 rings (SSSR count). The van der Waals surface area contributed by atoms with Crippen molar-refractivity contribution in [3.8, 4) is 0 Å². The zero-order valence-electron chi connectivity index (χ0n) is 8.82. The van der Waals surface area contributed by atoms with Crippen LogP contribution in [0.4, 0.5) is 0 Å². The fourth-order valence-electron chi connectivity index (χ4n) is 1.84. The normalized spacial score (nSPS) is 29.0. The second-order valence-corrected chi connectivity index (χ2v) is 3.95. The molecule has 0 aliphatic carbocycles. The van der Waals surface area contributed by atoms with Gasteiger partial charge in [0.15, 0.2) is 0 Å². The van der Waals surface area contributed by atoms with Gasteiger partial charge in [-0.05, 0) is 13.3 Å². The van der Waals surface area contributed by atoms with E-state index in [9.17, 15) is 4.79 Å². The van der Waals surface area contributed by atoms with Crippen LogP contribution in [0.3, 0.4) is 0 Å². The van der Waals surface area contributed by atoms with E-state index in [0.717, 1.165) is 12.8 Å². The van der Waals surface area contributed by atoms with Crippen molar-refractivity contribution in [1.29, 1.82) is 0 Å². The molecule has 1 saturated heterocycles. The highest BCUT2D eigenvalue weighted by atomic mass is 16.5. The van der Waals surface area contributed by atoms with Gasteiger partial charge in [0, 0.05) is 12.1 Å². The van der Waals surface area contributed by atoms with Crippen LogP contribution in [-0.4, -0.2) is 36.4 Å². The zero-order chi connectivity index (χ0) is 10.6. The molecule has 1 aliphatic heterocycles. The van der Waals surface area contributed by atoms with Crippen molar-refractivity contribution in [3.63, 3.8) is 0 Å². The van der Waals surface area contributed by atoms with Crippen LogP contribution in [0.15, 0.2) is 0 Å². The van der Waals surface area contributed by atoms with Crippen molar-refractivity contribution in [2.24, 2.45) is 5.92 Å². The molecule has 3 unspecified atom stereocenters. The third kappa shape index (κ3) is 2.96. The molecule has 0 aromatic carbocycles. The van der Waals surface area contributed by atoms with Crippen LogP contribution >= 0.6 is 0 Å². The summed E-state index contributed by atoms with van der Waals surface area (Å²) in [5.74, 6) is -1.14. The Bertz CT molecular complexity index is 196. The Morgan fingerprint density at radius 2 is 2.36 bits per heavy atom. The molecular weight excluding hydrogens is 182 g/mol. The van der Waals surface area contributed by atoms with E-state index in [-0.39, 0.29) is 12.0 Å². The Morgan fingerprint density at radius 1 is 1.64 bits per heavy atom. The number of carboxylic acid groups (broad SMARTS) is 1. The van der Waals surface area contributed by atoms with Gasteiger partial charge in [0.2, 0.25) is 0 Å². The summed E-state index contributed by atoms with van der Waals surface area (Å²) in [6.45, 7) is 5.07. The van der Waals surface area contributed by atoms with E-state index < -0.39 is 5.97 Å². The predicted octanol–water partition coefficient (Wildman–Crippen LogP) is 0.864. The molecule has 14 heavy (non-hydrogen) atoms. The SMILES string of the molecule is CCCC(C)NC1COCC1C(=O)O. The topological polar surface area (TPSA) is 58.6 Å². The molecule has 0 saturated carbocycles. The smallest absolute Gasteiger partial charge is 0.310 e. The monoisotopic (exact) mass is 201 g/mol. The Labute approximate surface area is 84.6 Å². The highest BCUT2D eigenvalue weighted by molar-refractivity contribution is 5.71. The molecule has 1 fully saturated rings. The van der Waals surface area contributed by atoms with Gasteiger partial charge in [0.05, 0.1) is 19.1 Å². The number of carbonyl (C=O) groups is 1. The molecule has 2 N–H and O–H groups in total. The first-order valence-corrected chi connectivity index (χ1v) is 5.21. The number of hydrogen-bond acceptors (Lipinski definition) is 3. The zero-order valence-corrected chi connectivity index (χ0v) is 8.82. The predicted molar refractivity (Wildman–Crippen MR) is 53.2 cm³/mol. The Kier molecular flexibility index (Phi) is 4.35. The molecular formula is C10H19NO3. The Balaban J connectivity index is 2.39. The second kappa shape index (κ2) is 5.32. The van der Waals surface area contributed by atoms with Crippen molar-refractivity contribution in [1.82, 2.24) is 5.32 Å². The average Bonchev–Trinajstić information content (AvgIpc) is 2.52. The second-order valence-electron chi connectivity index (χ2n) is 3.95. The molecule has 1 aliphatic rings. The van der Waals surface area contributed by atoms with Crippen LogP contribution < -0.4 is 5.32 Å². The van der Waals surface area contributed by atoms with Crippen LogP contribution in [0.1, 0.15) is 26.7 Å². The maximum atomic E-state index is 10.8. The number of hydrogen-bond donors (Lipinski definition) is 2. The first kappa shape index (κ1) is 11.5. The lowest BCUT2D eigenvalue weighted by atomic mass is 10.0. The maximum absolute atomic E-state index is 10.8. The molecule has 82 valence electrons. The van der Waals surface area contributed by atoms with Crippen LogP contribution in [0, 0.1) is 5.92 Å². The lowest BCUT2D eigenvalue weighted by molar-refractivity contribution is -0.142. The molecule has 4 nitrogen and oxygen atoms in total. The van der Waals surface area contributed by atoms with Crippen molar-refractivity contribution < 1.29 is 14.6 Å². The van der Waals surface area contributed by atoms with E-state index in [2.05, 4.69) is 19.2 Å². The first-order valence-electron chi connectivity index (χ1n) is 5.21. The fraction of sp³-hybridized carbons (Fsp3) is 0.900. The summed E-state index contributed by atoms with van der Waals surface area (Å²) in [4.78, 5) is 10.8. The summed E-state index contributed by atoms with van der Waals surface area (Å²) in [7, 11) is 0. The number of aliphatic carboxylic acids is 1. The third-order valence-corrected chi connectivity index (χ3v) is 2.62. The quantitative estimate of drug-likeness (QED) is 0.692. The van der Waals surface area contributed by atoms with Crippen LogP contribution in [-0.2, 0) is 9.53 Å². The molecule has 0 spiro atoms. The molecule has 0 aromatic rings. The van der Waals surface area contributed by atoms with Gasteiger partial charge in [-0.15, -0.1) is 0 Å². The van der Waals surface area contributed by atoms with E-state index in [1.54, 1.807) is 0 Å². The summed E-state index contributed by atoms with van der Waals surface area (Å²) in [6, 6.07) is 0.350. The first-order chi connectivity index (χ1) is 6.65. The summed E-state index contributed by atoms with van der Waals surface area (Å²) in [5.41, 5.74) is 0. The molecule has 0 aromatic heterocycles. The third-order valence-electron chi connectivity index (χ3n) is 2.62. The molecule has 3 atom stereocenters. The van der Waals surface area contributed by atoms with Gasteiger partial charge in [-0.2, -0.15) is 0 Å². The van der Waals surface area contributed by atoms with Crippen LogP contribution in [0.5, 0.6) is 0 Å². The highest BCUT2D eigenvalue weighted by Crippen LogP contribution is 2.15. The van der Waals surface area contributed by atoms with Gasteiger partial charge >= 0.3 is 5.97 Å². The molecule has 1 heterocycles. The van der Waals surface area contributed by atoms with E-state index in [4.69, 9.17) is 9.84 Å². The Hall–Kier alpha value is -0.610. The molecule has 0 bridgehead atoms. The van der Waals surface area contributed by atoms with Gasteiger partial charge in [-0.3, -0.25) is 4.79 Å². The lowest BCUT2D eigenvalue weighted by Crippen LogP contribution is -2.43. The summed E-state index contributed by atoms with van der Waals surface area (Å²) < 4.78 is 5.17. The standard InChI is InChI=1S/C10H19NO3/c1-3-4-7(2)11-9-6-14-5-8(9)10(12)13/h7-9,11H,3-6H2,1-2H3,(H,12,13). The molecule has 4 heteroatoms. The van der Waals surface area contributed by atoms with E-state index in [1.165, 1.54) is 0 Å². The van der Waals surface area contributed by atoms with Crippen molar-refractivity contribution in [2.45, 2.75) is 38.8 Å². The van der Waals surface area contributed by atoms with Gasteiger partial charge in [0.25, 0.3) is 0 Å². The lowest BCUT2D eigenvalue weighted by Gasteiger charge is -2.20. The fourth-order valence-corrected chi connectivity index (χ4v) is 1.84. The van der Waals surface area contributed by atoms with Crippen LogP contribution in [0.25, 0.3) is 0 Å². The largest absolute Gasteiger partial charge is 0.481 e. The summed E-state index contributed by atoms with van der Waals surface area (Å²) in [5, 5.41) is 12.2.